The molecule has 13 heavy (non-hydrogen) atoms. The number of aromatic nitrogens is 2. The smallest absolute Gasteiger partial charge is 0.242 e. The first-order chi connectivity index (χ1) is 6.18. The third-order valence-electron chi connectivity index (χ3n) is 2.24. The average molecular weight is 174 g/mol. The number of aryl methyl sites for hydroxylation is 2. The van der Waals surface area contributed by atoms with Crippen LogP contribution in [0.3, 0.4) is 0 Å². The van der Waals surface area contributed by atoms with Crippen LogP contribution in [0.5, 0.6) is 0 Å². The molecule has 3 nitrogen and oxygen atoms in total. The fraction of sp³-hybridized carbons (Fsp3) is 0.200. The van der Waals surface area contributed by atoms with Gasteiger partial charge >= 0.3 is 0 Å². The second-order valence-corrected chi connectivity index (χ2v) is 3.18. The van der Waals surface area contributed by atoms with Gasteiger partial charge in [-0.1, -0.05) is 0 Å². The first-order valence-electron chi connectivity index (χ1n) is 4.13. The zero-order chi connectivity index (χ0) is 9.42. The second-order valence-electron chi connectivity index (χ2n) is 3.18. The molecular formula is C10H10N2O. The van der Waals surface area contributed by atoms with Crippen LogP contribution >= 0.6 is 0 Å². The van der Waals surface area contributed by atoms with Crippen LogP contribution in [0, 0.1) is 19.1 Å². The molecule has 0 radical (unpaired) electrons. The first-order valence-corrected chi connectivity index (χ1v) is 4.13. The number of hydrogen-bond acceptors (Lipinski definition) is 2. The van der Waals surface area contributed by atoms with Crippen molar-refractivity contribution < 1.29 is 4.73 Å². The van der Waals surface area contributed by atoms with Gasteiger partial charge in [0, 0.05) is 6.07 Å². The molecule has 0 saturated heterocycles. The maximum atomic E-state index is 11.3. The highest BCUT2D eigenvalue weighted by Crippen LogP contribution is 2.13. The van der Waals surface area contributed by atoms with Crippen molar-refractivity contribution >= 4 is 11.0 Å². The lowest BCUT2D eigenvalue weighted by Gasteiger charge is -2.03. The minimum Gasteiger partial charge on any atom is -0.618 e. The number of nitrogens with zero attached hydrogens (tertiary/aromatic N) is 2. The number of rotatable bonds is 0. The summed E-state index contributed by atoms with van der Waals surface area (Å²) in [5, 5.41) is 11.3. The molecule has 2 rings (SSSR count). The Labute approximate surface area is 76.2 Å². The van der Waals surface area contributed by atoms with Gasteiger partial charge in [-0.3, -0.25) is 0 Å². The van der Waals surface area contributed by atoms with Gasteiger partial charge in [0.15, 0.2) is 6.20 Å². The summed E-state index contributed by atoms with van der Waals surface area (Å²) in [5.41, 5.74) is 3.66. The number of hydrogen-bond donors (Lipinski definition) is 0. The highest BCUT2D eigenvalue weighted by atomic mass is 16.5. The van der Waals surface area contributed by atoms with Crippen LogP contribution in [0.15, 0.2) is 24.5 Å². The van der Waals surface area contributed by atoms with Crippen molar-refractivity contribution in [2.45, 2.75) is 13.8 Å². The van der Waals surface area contributed by atoms with E-state index in [0.717, 1.165) is 21.4 Å². The first kappa shape index (κ1) is 7.98. The van der Waals surface area contributed by atoms with Crippen LogP contribution in [-0.2, 0) is 0 Å². The normalized spacial score (nSPS) is 10.6. The van der Waals surface area contributed by atoms with Crippen LogP contribution < -0.4 is 4.73 Å². The summed E-state index contributed by atoms with van der Waals surface area (Å²) in [4.78, 5) is 4.12. The predicted octanol–water partition coefficient (Wildman–Crippen LogP) is 1.49. The summed E-state index contributed by atoms with van der Waals surface area (Å²) in [6.45, 7) is 4.00. The van der Waals surface area contributed by atoms with Gasteiger partial charge in [0.25, 0.3) is 0 Å². The van der Waals surface area contributed by atoms with Gasteiger partial charge < -0.3 is 5.21 Å². The lowest BCUT2D eigenvalue weighted by atomic mass is 10.1. The van der Waals surface area contributed by atoms with Crippen LogP contribution in [-0.4, -0.2) is 4.98 Å². The van der Waals surface area contributed by atoms with Crippen molar-refractivity contribution in [3.8, 4) is 0 Å². The fourth-order valence-corrected chi connectivity index (χ4v) is 1.32. The Morgan fingerprint density at radius 2 is 1.92 bits per heavy atom. The number of fused-ring (bicyclic) bond motifs is 1. The SMILES string of the molecule is Cc1cc2ncc[n+]([O-])c2cc1C. The highest BCUT2D eigenvalue weighted by molar-refractivity contribution is 5.72. The summed E-state index contributed by atoms with van der Waals surface area (Å²) in [6, 6.07) is 3.80. The van der Waals surface area contributed by atoms with Gasteiger partial charge in [0.05, 0.1) is 6.20 Å². The second kappa shape index (κ2) is 2.69. The third-order valence-corrected chi connectivity index (χ3v) is 2.24. The summed E-state index contributed by atoms with van der Waals surface area (Å²) in [7, 11) is 0. The maximum Gasteiger partial charge on any atom is 0.242 e. The Hall–Kier alpha value is -1.64. The van der Waals surface area contributed by atoms with Crippen molar-refractivity contribution in [3.63, 3.8) is 0 Å². The van der Waals surface area contributed by atoms with Crippen molar-refractivity contribution in [1.29, 1.82) is 0 Å². The Bertz CT molecular complexity index is 466. The van der Waals surface area contributed by atoms with Gasteiger partial charge in [0.2, 0.25) is 5.52 Å². The summed E-state index contributed by atoms with van der Waals surface area (Å²) < 4.78 is 0.842. The van der Waals surface area contributed by atoms with E-state index in [2.05, 4.69) is 4.98 Å². The van der Waals surface area contributed by atoms with Crippen molar-refractivity contribution in [2.24, 2.45) is 0 Å². The average Bonchev–Trinajstić information content (AvgIpc) is 2.09. The van der Waals surface area contributed by atoms with E-state index in [4.69, 9.17) is 0 Å². The van der Waals surface area contributed by atoms with Gasteiger partial charge in [-0.15, -0.1) is 0 Å². The molecule has 0 fully saturated rings. The van der Waals surface area contributed by atoms with E-state index in [9.17, 15) is 5.21 Å². The third kappa shape index (κ3) is 1.22. The molecule has 66 valence electrons. The van der Waals surface area contributed by atoms with Crippen molar-refractivity contribution in [1.82, 2.24) is 4.98 Å². The molecule has 1 aromatic carbocycles. The van der Waals surface area contributed by atoms with Gasteiger partial charge in [-0.2, -0.15) is 4.73 Å². The van der Waals surface area contributed by atoms with Gasteiger partial charge in [0.1, 0.15) is 5.52 Å². The molecule has 0 saturated carbocycles. The van der Waals surface area contributed by atoms with E-state index in [1.54, 1.807) is 0 Å². The Morgan fingerprint density at radius 3 is 2.69 bits per heavy atom. The molecule has 0 amide bonds. The summed E-state index contributed by atoms with van der Waals surface area (Å²) in [5.74, 6) is 0. The topological polar surface area (TPSA) is 39.8 Å². The summed E-state index contributed by atoms with van der Waals surface area (Å²) in [6.07, 6.45) is 2.93. The molecule has 3 heteroatoms. The van der Waals surface area contributed by atoms with E-state index >= 15 is 0 Å². The quantitative estimate of drug-likeness (QED) is 0.448. The zero-order valence-electron chi connectivity index (χ0n) is 7.61. The molecule has 0 aliphatic heterocycles. The maximum absolute atomic E-state index is 11.3. The molecule has 0 N–H and O–H groups in total. The van der Waals surface area contributed by atoms with E-state index in [-0.39, 0.29) is 0 Å². The molecule has 1 aromatic heterocycles. The highest BCUT2D eigenvalue weighted by Gasteiger charge is 2.05. The molecule has 0 bridgehead atoms. The van der Waals surface area contributed by atoms with Gasteiger partial charge in [-0.05, 0) is 31.0 Å². The van der Waals surface area contributed by atoms with E-state index in [0.29, 0.717) is 5.52 Å². The molecule has 0 aliphatic rings. The van der Waals surface area contributed by atoms with E-state index < -0.39 is 0 Å². The molecule has 0 unspecified atom stereocenters. The van der Waals surface area contributed by atoms with Crippen LogP contribution in [0.4, 0.5) is 0 Å². The minimum atomic E-state index is 0.630. The van der Waals surface area contributed by atoms with Crippen LogP contribution in [0.1, 0.15) is 11.1 Å². The molecular weight excluding hydrogens is 164 g/mol. The Morgan fingerprint density at radius 1 is 1.23 bits per heavy atom. The van der Waals surface area contributed by atoms with Crippen molar-refractivity contribution in [3.05, 3.63) is 40.9 Å². The predicted molar refractivity (Wildman–Crippen MR) is 50.2 cm³/mol. The lowest BCUT2D eigenvalue weighted by Crippen LogP contribution is -2.26. The largest absolute Gasteiger partial charge is 0.618 e. The molecule has 2 aromatic rings. The van der Waals surface area contributed by atoms with Crippen LogP contribution in [0.25, 0.3) is 11.0 Å². The zero-order valence-corrected chi connectivity index (χ0v) is 7.61. The van der Waals surface area contributed by atoms with Crippen molar-refractivity contribution in [2.75, 3.05) is 0 Å². The summed E-state index contributed by atoms with van der Waals surface area (Å²) >= 11 is 0. The molecule has 0 spiro atoms. The number of benzene rings is 1. The fourth-order valence-electron chi connectivity index (χ4n) is 1.32. The Balaban J connectivity index is 2.89. The lowest BCUT2D eigenvalue weighted by molar-refractivity contribution is -0.577. The standard InChI is InChI=1S/C10H10N2O/c1-7-5-9-10(6-8(7)2)12(13)4-3-11-9/h3-6H,1-2H3. The Kier molecular flexibility index (Phi) is 1.65. The van der Waals surface area contributed by atoms with E-state index in [1.165, 1.54) is 12.4 Å². The minimum absolute atomic E-state index is 0.630. The van der Waals surface area contributed by atoms with Crippen LogP contribution in [0.2, 0.25) is 0 Å². The monoisotopic (exact) mass is 174 g/mol. The van der Waals surface area contributed by atoms with Gasteiger partial charge in [-0.25, -0.2) is 4.98 Å². The van der Waals surface area contributed by atoms with E-state index in [1.807, 2.05) is 26.0 Å². The molecule has 0 aliphatic carbocycles. The molecule has 0 atom stereocenters. The molecule has 1 heterocycles.